The van der Waals surface area contributed by atoms with E-state index in [-0.39, 0.29) is 37.6 Å². The third-order valence-corrected chi connectivity index (χ3v) is 6.27. The van der Waals surface area contributed by atoms with Gasteiger partial charge in [0.1, 0.15) is 22.3 Å². The Morgan fingerprint density at radius 3 is 2.34 bits per heavy atom. The molecule has 0 spiro atoms. The van der Waals surface area contributed by atoms with Crippen LogP contribution in [0.4, 0.5) is 9.18 Å². The van der Waals surface area contributed by atoms with Crippen molar-refractivity contribution < 1.29 is 37.0 Å². The summed E-state index contributed by atoms with van der Waals surface area (Å²) < 4.78 is 52.1. The molecule has 0 bridgehead atoms. The van der Waals surface area contributed by atoms with E-state index in [4.69, 9.17) is 32.7 Å². The number of halogens is 3. The highest BCUT2D eigenvalue weighted by Crippen LogP contribution is 2.34. The number of carbonyl (C=O) groups excluding carboxylic acids is 1. The van der Waals surface area contributed by atoms with E-state index in [2.05, 4.69) is 4.98 Å². The maximum atomic E-state index is 14.7. The molecule has 192 valence electrons. The summed E-state index contributed by atoms with van der Waals surface area (Å²) in [6.07, 6.45) is -0.552. The third-order valence-electron chi connectivity index (χ3n) is 4.07. The fourth-order valence-corrected chi connectivity index (χ4v) is 4.47. The van der Waals surface area contributed by atoms with Crippen molar-refractivity contribution in [2.24, 2.45) is 5.92 Å². The topological polar surface area (TPSA) is 135 Å². The first kappa shape index (κ1) is 28.4. The number of nitrogens with zero attached hydrogens (tertiary/aromatic N) is 2. The summed E-state index contributed by atoms with van der Waals surface area (Å²) in [6.45, 7) is 8.21. The average Bonchev–Trinajstić information content (AvgIpc) is 2.67. The molecule has 0 saturated carbocycles. The monoisotopic (exact) mass is 551 g/mol. The summed E-state index contributed by atoms with van der Waals surface area (Å²) in [4.78, 5) is 27.9. The minimum absolute atomic E-state index is 0.0418. The van der Waals surface area contributed by atoms with Gasteiger partial charge in [-0.15, -0.1) is 0 Å². The van der Waals surface area contributed by atoms with Crippen LogP contribution in [0.5, 0.6) is 17.4 Å². The second-order valence-corrected chi connectivity index (χ2v) is 11.0. The normalized spacial score (nSPS) is 11.8. The lowest BCUT2D eigenvalue weighted by Crippen LogP contribution is -2.54. The summed E-state index contributed by atoms with van der Waals surface area (Å²) in [5.74, 6) is -2.29. The van der Waals surface area contributed by atoms with Crippen LogP contribution in [0.15, 0.2) is 24.4 Å². The van der Waals surface area contributed by atoms with Gasteiger partial charge >= 0.3 is 16.3 Å². The van der Waals surface area contributed by atoms with E-state index >= 15 is 0 Å². The molecule has 2 aromatic rings. The van der Waals surface area contributed by atoms with Gasteiger partial charge in [-0.2, -0.15) is 12.7 Å². The highest BCUT2D eigenvalue weighted by atomic mass is 35.5. The fourth-order valence-electron chi connectivity index (χ4n) is 2.69. The Bertz CT molecular complexity index is 1230. The summed E-state index contributed by atoms with van der Waals surface area (Å²) in [5.41, 5.74) is -2.17. The minimum Gasteiger partial charge on any atom is -0.476 e. The number of nitrogens with one attached hydrogen (secondary N) is 1. The van der Waals surface area contributed by atoms with Crippen LogP contribution in [-0.4, -0.2) is 47.0 Å². The van der Waals surface area contributed by atoms with Gasteiger partial charge in [0.2, 0.25) is 5.88 Å². The molecule has 10 nitrogen and oxygen atoms in total. The Morgan fingerprint density at radius 1 is 1.20 bits per heavy atom. The molecule has 1 aromatic carbocycles. The highest BCUT2D eigenvalue weighted by Gasteiger charge is 2.38. The average molecular weight is 552 g/mol. The molecule has 0 aliphatic heterocycles. The maximum absolute atomic E-state index is 14.7. The van der Waals surface area contributed by atoms with Crippen LogP contribution in [-0.2, 0) is 10.2 Å². The standard InChI is InChI=1S/C21H24Cl2FN3O7S/c1-11(2)10-33-19-15(23)6-12(9-25-19)34-17-8-16(24)13(7-14(17)22)18(28)26-35(31,32)27(20(29)30)21(3,4)5/h6-9,11H,10H2,1-5H3,(H,26,28)(H,29,30). The van der Waals surface area contributed by atoms with Crippen molar-refractivity contribution in [1.29, 1.82) is 0 Å². The van der Waals surface area contributed by atoms with Gasteiger partial charge in [0.15, 0.2) is 0 Å². The second-order valence-electron chi connectivity index (χ2n) is 8.68. The number of ether oxygens (including phenoxy) is 2. The Kier molecular flexibility index (Phi) is 8.79. The van der Waals surface area contributed by atoms with Crippen molar-refractivity contribution in [2.45, 2.75) is 40.2 Å². The van der Waals surface area contributed by atoms with Crippen molar-refractivity contribution in [3.05, 3.63) is 45.8 Å². The zero-order valence-corrected chi connectivity index (χ0v) is 21.8. The van der Waals surface area contributed by atoms with Crippen LogP contribution < -0.4 is 14.2 Å². The van der Waals surface area contributed by atoms with Crippen molar-refractivity contribution in [3.63, 3.8) is 0 Å². The molecule has 0 aliphatic rings. The van der Waals surface area contributed by atoms with Crippen LogP contribution in [0, 0.1) is 11.7 Å². The Labute approximate surface area is 212 Å². The van der Waals surface area contributed by atoms with Crippen molar-refractivity contribution >= 4 is 45.4 Å². The smallest absolute Gasteiger partial charge is 0.422 e. The lowest BCUT2D eigenvalue weighted by molar-refractivity contribution is 0.0973. The highest BCUT2D eigenvalue weighted by molar-refractivity contribution is 7.88. The Balaban J connectivity index is 2.26. The van der Waals surface area contributed by atoms with Crippen LogP contribution in [0.1, 0.15) is 45.0 Å². The SMILES string of the molecule is CC(C)COc1ncc(Oc2cc(F)c(C(=O)NS(=O)(=O)N(C(=O)O)C(C)(C)C)cc2Cl)cc1Cl. The molecule has 0 atom stereocenters. The minimum atomic E-state index is -4.88. The third kappa shape index (κ3) is 7.33. The van der Waals surface area contributed by atoms with Crippen LogP contribution in [0.2, 0.25) is 10.0 Å². The van der Waals surface area contributed by atoms with E-state index in [9.17, 15) is 27.5 Å². The molecule has 0 fully saturated rings. The quantitative estimate of drug-likeness (QED) is 0.462. The Hall–Kier alpha value is -2.83. The molecular weight excluding hydrogens is 528 g/mol. The fraction of sp³-hybridized carbons (Fsp3) is 0.381. The lowest BCUT2D eigenvalue weighted by atomic mass is 10.1. The van der Waals surface area contributed by atoms with E-state index in [1.54, 1.807) is 0 Å². The van der Waals surface area contributed by atoms with Crippen LogP contribution in [0.3, 0.4) is 0 Å². The first-order valence-corrected chi connectivity index (χ1v) is 12.3. The van der Waals surface area contributed by atoms with Gasteiger partial charge in [-0.05, 0) is 32.8 Å². The molecule has 1 aromatic heterocycles. The number of hydrogen-bond acceptors (Lipinski definition) is 7. The summed E-state index contributed by atoms with van der Waals surface area (Å²) >= 11 is 12.2. The number of benzene rings is 1. The molecule has 0 radical (unpaired) electrons. The molecule has 0 aliphatic carbocycles. The molecule has 1 heterocycles. The number of aromatic nitrogens is 1. The number of carbonyl (C=O) groups is 2. The lowest BCUT2D eigenvalue weighted by Gasteiger charge is -2.31. The van der Waals surface area contributed by atoms with E-state index < -0.39 is 39.1 Å². The van der Waals surface area contributed by atoms with Crippen molar-refractivity contribution in [3.8, 4) is 17.4 Å². The van der Waals surface area contributed by atoms with Crippen LogP contribution >= 0.6 is 23.2 Å². The molecule has 2 rings (SSSR count). The number of pyridine rings is 1. The summed E-state index contributed by atoms with van der Waals surface area (Å²) in [7, 11) is -4.88. The summed E-state index contributed by atoms with van der Waals surface area (Å²) in [6, 6.07) is 2.98. The Morgan fingerprint density at radius 2 is 1.83 bits per heavy atom. The summed E-state index contributed by atoms with van der Waals surface area (Å²) in [5, 5.41) is 9.16. The predicted octanol–water partition coefficient (Wildman–Crippen LogP) is 5.11. The second kappa shape index (κ2) is 10.8. The molecule has 0 saturated heterocycles. The van der Waals surface area contributed by atoms with Crippen LogP contribution in [0.25, 0.3) is 0 Å². The maximum Gasteiger partial charge on any atom is 0.422 e. The molecule has 0 unspecified atom stereocenters. The van der Waals surface area contributed by atoms with Gasteiger partial charge in [-0.25, -0.2) is 18.9 Å². The number of carboxylic acid groups (broad SMARTS) is 1. The molecular formula is C21H24Cl2FN3O7S. The van der Waals surface area contributed by atoms with Gasteiger partial charge in [-0.3, -0.25) is 4.79 Å². The van der Waals surface area contributed by atoms with Crippen molar-refractivity contribution in [2.75, 3.05) is 6.61 Å². The zero-order chi connectivity index (χ0) is 26.7. The van der Waals surface area contributed by atoms with Gasteiger partial charge < -0.3 is 14.6 Å². The van der Waals surface area contributed by atoms with Gasteiger partial charge in [0, 0.05) is 12.1 Å². The molecule has 2 N–H and O–H groups in total. The molecule has 14 heteroatoms. The van der Waals surface area contributed by atoms with E-state index in [1.165, 1.54) is 37.8 Å². The number of amides is 2. The van der Waals surface area contributed by atoms with E-state index in [1.807, 2.05) is 13.8 Å². The first-order chi connectivity index (χ1) is 16.0. The number of rotatable bonds is 8. The van der Waals surface area contributed by atoms with Gasteiger partial charge in [0.25, 0.3) is 5.91 Å². The van der Waals surface area contributed by atoms with Gasteiger partial charge in [-0.1, -0.05) is 37.0 Å². The zero-order valence-electron chi connectivity index (χ0n) is 19.4. The van der Waals surface area contributed by atoms with E-state index in [0.717, 1.165) is 12.1 Å². The van der Waals surface area contributed by atoms with E-state index in [0.29, 0.717) is 6.61 Å². The first-order valence-electron chi connectivity index (χ1n) is 10.1. The van der Waals surface area contributed by atoms with Crippen molar-refractivity contribution in [1.82, 2.24) is 14.0 Å². The molecule has 35 heavy (non-hydrogen) atoms. The number of hydrogen-bond donors (Lipinski definition) is 2. The van der Waals surface area contributed by atoms with Gasteiger partial charge in [0.05, 0.1) is 28.9 Å². The molecule has 2 amide bonds. The predicted molar refractivity (Wildman–Crippen MR) is 127 cm³/mol. The largest absolute Gasteiger partial charge is 0.476 e.